The van der Waals surface area contributed by atoms with E-state index in [1.807, 2.05) is 30.7 Å². The van der Waals surface area contributed by atoms with Crippen LogP contribution < -0.4 is 10.9 Å². The molecule has 1 fully saturated rings. The van der Waals surface area contributed by atoms with Crippen LogP contribution in [0.3, 0.4) is 0 Å². The molecule has 0 saturated heterocycles. The van der Waals surface area contributed by atoms with Gasteiger partial charge < -0.3 is 9.88 Å². The standard InChI is InChI=1S/C11H16N2O/c1-8-3-4-9(7-12-2)11(14)13(8)10-5-6-10/h3-4,10,12H,5-7H2,1-2H3. The van der Waals surface area contributed by atoms with Crippen molar-refractivity contribution in [3.8, 4) is 0 Å². The zero-order chi connectivity index (χ0) is 10.1. The van der Waals surface area contributed by atoms with E-state index >= 15 is 0 Å². The van der Waals surface area contributed by atoms with E-state index in [1.165, 1.54) is 0 Å². The van der Waals surface area contributed by atoms with Crippen molar-refractivity contribution in [2.24, 2.45) is 0 Å². The molecule has 76 valence electrons. The van der Waals surface area contributed by atoms with Crippen LogP contribution in [0.15, 0.2) is 16.9 Å². The summed E-state index contributed by atoms with van der Waals surface area (Å²) in [5.41, 5.74) is 2.13. The van der Waals surface area contributed by atoms with E-state index in [-0.39, 0.29) is 5.56 Å². The highest BCUT2D eigenvalue weighted by atomic mass is 16.1. The average molecular weight is 192 g/mol. The largest absolute Gasteiger partial charge is 0.315 e. The highest BCUT2D eigenvalue weighted by Gasteiger charge is 2.26. The van der Waals surface area contributed by atoms with Crippen molar-refractivity contribution >= 4 is 0 Å². The molecular formula is C11H16N2O. The van der Waals surface area contributed by atoms with E-state index in [1.54, 1.807) is 0 Å². The molecule has 1 N–H and O–H groups in total. The first-order chi connectivity index (χ1) is 6.74. The van der Waals surface area contributed by atoms with Crippen LogP contribution in [0, 0.1) is 6.92 Å². The summed E-state index contributed by atoms with van der Waals surface area (Å²) < 4.78 is 1.94. The molecular weight excluding hydrogens is 176 g/mol. The average Bonchev–Trinajstić information content (AvgIpc) is 2.94. The Morgan fingerprint density at radius 1 is 1.50 bits per heavy atom. The minimum absolute atomic E-state index is 0.182. The van der Waals surface area contributed by atoms with Crippen LogP contribution in [0.4, 0.5) is 0 Å². The second-order valence-electron chi connectivity index (χ2n) is 3.94. The molecule has 14 heavy (non-hydrogen) atoms. The number of nitrogens with zero attached hydrogens (tertiary/aromatic N) is 1. The molecule has 1 saturated carbocycles. The summed E-state index contributed by atoms with van der Waals surface area (Å²) in [5.74, 6) is 0. The molecule has 1 aromatic heterocycles. The number of rotatable bonds is 3. The van der Waals surface area contributed by atoms with E-state index < -0.39 is 0 Å². The third-order valence-electron chi connectivity index (χ3n) is 2.68. The van der Waals surface area contributed by atoms with Crippen LogP contribution in [0.5, 0.6) is 0 Å². The van der Waals surface area contributed by atoms with Crippen molar-refractivity contribution in [2.45, 2.75) is 32.4 Å². The Morgan fingerprint density at radius 3 is 2.79 bits per heavy atom. The lowest BCUT2D eigenvalue weighted by Gasteiger charge is -2.10. The first-order valence-electron chi connectivity index (χ1n) is 5.09. The summed E-state index contributed by atoms with van der Waals surface area (Å²) in [6, 6.07) is 4.43. The number of pyridine rings is 1. The molecule has 0 bridgehead atoms. The first kappa shape index (κ1) is 9.46. The molecule has 0 unspecified atom stereocenters. The van der Waals surface area contributed by atoms with Crippen molar-refractivity contribution < 1.29 is 0 Å². The predicted octanol–water partition coefficient (Wildman–Crippen LogP) is 1.21. The number of hydrogen-bond donors (Lipinski definition) is 1. The van der Waals surface area contributed by atoms with Crippen LogP contribution in [0.25, 0.3) is 0 Å². The van der Waals surface area contributed by atoms with Crippen LogP contribution >= 0.6 is 0 Å². The van der Waals surface area contributed by atoms with Gasteiger partial charge in [0.05, 0.1) is 0 Å². The Kier molecular flexibility index (Phi) is 2.42. The second kappa shape index (κ2) is 3.58. The maximum Gasteiger partial charge on any atom is 0.255 e. The molecule has 0 aromatic carbocycles. The normalized spacial score (nSPS) is 15.9. The third kappa shape index (κ3) is 1.60. The molecule has 3 heteroatoms. The molecule has 1 aliphatic carbocycles. The van der Waals surface area contributed by atoms with Gasteiger partial charge in [0.2, 0.25) is 0 Å². The molecule has 0 radical (unpaired) electrons. The summed E-state index contributed by atoms with van der Waals surface area (Å²) in [4.78, 5) is 12.0. The third-order valence-corrected chi connectivity index (χ3v) is 2.68. The maximum atomic E-state index is 12.0. The van der Waals surface area contributed by atoms with Crippen LogP contribution in [-0.4, -0.2) is 11.6 Å². The van der Waals surface area contributed by atoms with Gasteiger partial charge in [-0.2, -0.15) is 0 Å². The molecule has 1 heterocycles. The number of aryl methyl sites for hydroxylation is 1. The zero-order valence-electron chi connectivity index (χ0n) is 8.71. The molecule has 1 aromatic rings. The quantitative estimate of drug-likeness (QED) is 0.781. The van der Waals surface area contributed by atoms with Gasteiger partial charge >= 0.3 is 0 Å². The smallest absolute Gasteiger partial charge is 0.255 e. The lowest BCUT2D eigenvalue weighted by atomic mass is 10.2. The molecule has 0 atom stereocenters. The zero-order valence-corrected chi connectivity index (χ0v) is 8.71. The Labute approximate surface area is 83.8 Å². The lowest BCUT2D eigenvalue weighted by Crippen LogP contribution is -2.26. The summed E-state index contributed by atoms with van der Waals surface area (Å²) in [5, 5.41) is 3.02. The van der Waals surface area contributed by atoms with Crippen molar-refractivity contribution in [3.05, 3.63) is 33.7 Å². The highest BCUT2D eigenvalue weighted by Crippen LogP contribution is 2.34. The SMILES string of the molecule is CNCc1ccc(C)n(C2CC2)c1=O. The second-order valence-corrected chi connectivity index (χ2v) is 3.94. The van der Waals surface area contributed by atoms with E-state index in [0.29, 0.717) is 12.6 Å². The Hall–Kier alpha value is -1.09. The molecule has 0 aliphatic heterocycles. The monoisotopic (exact) mass is 192 g/mol. The fourth-order valence-corrected chi connectivity index (χ4v) is 1.80. The number of aromatic nitrogens is 1. The Morgan fingerprint density at radius 2 is 2.21 bits per heavy atom. The summed E-state index contributed by atoms with van der Waals surface area (Å²) in [7, 11) is 1.86. The van der Waals surface area contributed by atoms with E-state index in [4.69, 9.17) is 0 Å². The van der Waals surface area contributed by atoms with Crippen molar-refractivity contribution in [2.75, 3.05) is 7.05 Å². The van der Waals surface area contributed by atoms with Gasteiger partial charge in [-0.1, -0.05) is 6.07 Å². The fraction of sp³-hybridized carbons (Fsp3) is 0.545. The molecule has 0 spiro atoms. The van der Waals surface area contributed by atoms with E-state index in [2.05, 4.69) is 5.32 Å². The van der Waals surface area contributed by atoms with Crippen LogP contribution in [-0.2, 0) is 6.54 Å². The van der Waals surface area contributed by atoms with E-state index in [0.717, 1.165) is 24.1 Å². The van der Waals surface area contributed by atoms with Gasteiger partial charge in [-0.3, -0.25) is 4.79 Å². The van der Waals surface area contributed by atoms with Gasteiger partial charge in [0.15, 0.2) is 0 Å². The number of hydrogen-bond acceptors (Lipinski definition) is 2. The Bertz CT molecular complexity index is 391. The van der Waals surface area contributed by atoms with Crippen molar-refractivity contribution in [1.82, 2.24) is 9.88 Å². The highest BCUT2D eigenvalue weighted by molar-refractivity contribution is 5.17. The van der Waals surface area contributed by atoms with E-state index in [9.17, 15) is 4.79 Å². The van der Waals surface area contributed by atoms with Crippen LogP contribution in [0.2, 0.25) is 0 Å². The lowest BCUT2D eigenvalue weighted by molar-refractivity contribution is 0.662. The molecule has 2 rings (SSSR count). The first-order valence-corrected chi connectivity index (χ1v) is 5.09. The van der Waals surface area contributed by atoms with Gasteiger partial charge in [0.1, 0.15) is 0 Å². The molecule has 3 nitrogen and oxygen atoms in total. The summed E-state index contributed by atoms with van der Waals surface area (Å²) in [6.45, 7) is 2.66. The fourth-order valence-electron chi connectivity index (χ4n) is 1.80. The minimum Gasteiger partial charge on any atom is -0.315 e. The van der Waals surface area contributed by atoms with Gasteiger partial charge in [-0.15, -0.1) is 0 Å². The van der Waals surface area contributed by atoms with Gasteiger partial charge in [0.25, 0.3) is 5.56 Å². The Balaban J connectivity index is 2.45. The molecule has 1 aliphatic rings. The van der Waals surface area contributed by atoms with Gasteiger partial charge in [-0.05, 0) is 32.9 Å². The van der Waals surface area contributed by atoms with Crippen molar-refractivity contribution in [3.63, 3.8) is 0 Å². The minimum atomic E-state index is 0.182. The van der Waals surface area contributed by atoms with Crippen LogP contribution in [0.1, 0.15) is 30.1 Å². The van der Waals surface area contributed by atoms with Gasteiger partial charge in [0, 0.05) is 23.8 Å². The summed E-state index contributed by atoms with van der Waals surface area (Å²) in [6.07, 6.45) is 2.31. The summed E-state index contributed by atoms with van der Waals surface area (Å²) >= 11 is 0. The number of nitrogens with one attached hydrogen (secondary N) is 1. The molecule has 0 amide bonds. The predicted molar refractivity (Wildman–Crippen MR) is 56.5 cm³/mol. The topological polar surface area (TPSA) is 34.0 Å². The van der Waals surface area contributed by atoms with Crippen molar-refractivity contribution in [1.29, 1.82) is 0 Å². The van der Waals surface area contributed by atoms with Gasteiger partial charge in [-0.25, -0.2) is 0 Å². The maximum absolute atomic E-state index is 12.0.